The highest BCUT2D eigenvalue weighted by Gasteiger charge is 2.50. The van der Waals surface area contributed by atoms with Crippen LogP contribution in [-0.2, 0) is 9.53 Å². The number of alkyl halides is 3. The number of aromatic nitrogens is 2. The van der Waals surface area contributed by atoms with Crippen molar-refractivity contribution in [2.45, 2.75) is 71.8 Å². The Bertz CT molecular complexity index is 1320. The molecule has 4 rings (SSSR count). The van der Waals surface area contributed by atoms with E-state index in [1.54, 1.807) is 18.3 Å². The fourth-order valence-electron chi connectivity index (χ4n) is 5.47. The molecule has 2 amide bonds. The summed E-state index contributed by atoms with van der Waals surface area (Å²) in [6, 6.07) is 6.89. The van der Waals surface area contributed by atoms with Crippen LogP contribution in [0.3, 0.4) is 0 Å². The molecule has 0 radical (unpaired) electrons. The number of amides is 2. The van der Waals surface area contributed by atoms with Gasteiger partial charge in [-0.3, -0.25) is 9.59 Å². The molecule has 2 aliphatic rings. The van der Waals surface area contributed by atoms with E-state index >= 15 is 0 Å². The molecule has 12 nitrogen and oxygen atoms in total. The van der Waals surface area contributed by atoms with E-state index in [1.165, 1.54) is 25.7 Å². The second-order valence-electron chi connectivity index (χ2n) is 12.0. The number of ether oxygens (including phenoxy) is 2. The first-order valence-corrected chi connectivity index (χ1v) is 15.2. The van der Waals surface area contributed by atoms with Gasteiger partial charge < -0.3 is 35.0 Å². The molecule has 2 saturated heterocycles. The molecule has 0 unspecified atom stereocenters. The van der Waals surface area contributed by atoms with E-state index in [-0.39, 0.29) is 49.8 Å². The molecule has 0 aliphatic carbocycles. The fourth-order valence-corrected chi connectivity index (χ4v) is 5.47. The summed E-state index contributed by atoms with van der Waals surface area (Å²) < 4.78 is 51.8. The van der Waals surface area contributed by atoms with Crippen molar-refractivity contribution in [2.24, 2.45) is 5.41 Å². The summed E-state index contributed by atoms with van der Waals surface area (Å²) in [6.45, 7) is 10.1. The zero-order valence-corrected chi connectivity index (χ0v) is 26.8. The Morgan fingerprint density at radius 3 is 2.50 bits per heavy atom. The Balaban J connectivity index is 0.00000185. The number of piperazine rings is 1. The molecule has 2 aliphatic heterocycles. The van der Waals surface area contributed by atoms with Crippen molar-refractivity contribution < 1.29 is 42.1 Å². The monoisotopic (exact) mass is 652 g/mol. The third-order valence-corrected chi connectivity index (χ3v) is 7.64. The molecule has 2 aromatic heterocycles. The Labute approximate surface area is 266 Å². The van der Waals surface area contributed by atoms with E-state index in [4.69, 9.17) is 24.4 Å². The van der Waals surface area contributed by atoms with Gasteiger partial charge in [0.25, 0.3) is 12.4 Å². The van der Waals surface area contributed by atoms with Crippen LogP contribution in [0.1, 0.15) is 57.9 Å². The number of hydrogen-bond acceptors (Lipinski definition) is 9. The van der Waals surface area contributed by atoms with E-state index in [9.17, 15) is 22.8 Å². The molecule has 3 N–H and O–H groups in total. The molecule has 3 atom stereocenters. The first kappa shape index (κ1) is 36.3. The molecule has 254 valence electrons. The minimum absolute atomic E-state index is 0.0406. The van der Waals surface area contributed by atoms with E-state index in [2.05, 4.69) is 15.6 Å². The molecule has 15 heteroatoms. The number of halogens is 3. The average Bonchev–Trinajstić information content (AvgIpc) is 3.52. The lowest BCUT2D eigenvalue weighted by Crippen LogP contribution is -2.56. The number of nitrogens with zero attached hydrogens (tertiary/aromatic N) is 4. The standard InChI is InChI=1S/C30H41F3N6O4.CH2O2/c1-6-20-18-38(28(41)43-27(29(3,4)5)30(31,32)33)15-16-39(20)23-11-10-22(21-9-8-13-35-26(21)42-7-2)37-24(23)25(40)36-19-12-14-34-17-19;2-1-3/h8-11,13,19-20,27,34H,6-7,12,14-18H2,1-5H3,(H,36,40);1H,(H,2,3)/t19-,20-,27+;/m1./s1. The number of anilines is 1. The average molecular weight is 653 g/mol. The van der Waals surface area contributed by atoms with Crippen LogP contribution in [0.2, 0.25) is 0 Å². The maximum absolute atomic E-state index is 13.7. The Hall–Kier alpha value is -4.14. The van der Waals surface area contributed by atoms with Gasteiger partial charge in [0.1, 0.15) is 0 Å². The van der Waals surface area contributed by atoms with Gasteiger partial charge in [-0.05, 0) is 50.6 Å². The normalized spacial score (nSPS) is 19.0. The van der Waals surface area contributed by atoms with Crippen molar-refractivity contribution in [2.75, 3.05) is 44.2 Å². The summed E-state index contributed by atoms with van der Waals surface area (Å²) in [5.74, 6) is 0.0740. The number of carbonyl (C=O) groups is 3. The maximum atomic E-state index is 13.7. The van der Waals surface area contributed by atoms with Gasteiger partial charge in [-0.1, -0.05) is 27.7 Å². The predicted octanol–water partition coefficient (Wildman–Crippen LogP) is 4.35. The Morgan fingerprint density at radius 2 is 1.91 bits per heavy atom. The molecule has 0 saturated carbocycles. The van der Waals surface area contributed by atoms with Gasteiger partial charge in [0, 0.05) is 49.9 Å². The van der Waals surface area contributed by atoms with Crippen molar-refractivity contribution >= 4 is 24.2 Å². The summed E-state index contributed by atoms with van der Waals surface area (Å²) >= 11 is 0. The lowest BCUT2D eigenvalue weighted by Gasteiger charge is -2.43. The van der Waals surface area contributed by atoms with Gasteiger partial charge in [0.2, 0.25) is 12.0 Å². The lowest BCUT2D eigenvalue weighted by atomic mass is 9.88. The molecular formula is C31H43F3N6O6. The SMILES string of the molecule is CCOc1ncccc1-c1ccc(N2CCN(C(=O)O[C@@H](C(C)(C)C)C(F)(F)F)C[C@H]2CC)c(C(=O)N[C@@H]2CCNC2)n1.O=CO. The number of hydrogen-bond donors (Lipinski definition) is 3. The molecule has 46 heavy (non-hydrogen) atoms. The predicted molar refractivity (Wildman–Crippen MR) is 165 cm³/mol. The summed E-state index contributed by atoms with van der Waals surface area (Å²) in [7, 11) is 0. The number of nitrogens with one attached hydrogen (secondary N) is 2. The van der Waals surface area contributed by atoms with Crippen LogP contribution in [0, 0.1) is 5.41 Å². The van der Waals surface area contributed by atoms with Crippen LogP contribution >= 0.6 is 0 Å². The highest BCUT2D eigenvalue weighted by Crippen LogP contribution is 2.37. The molecule has 4 heterocycles. The summed E-state index contributed by atoms with van der Waals surface area (Å²) in [4.78, 5) is 47.4. The molecule has 0 bridgehead atoms. The molecule has 2 aromatic rings. The zero-order valence-electron chi connectivity index (χ0n) is 26.8. The van der Waals surface area contributed by atoms with Crippen LogP contribution in [0.5, 0.6) is 5.88 Å². The summed E-state index contributed by atoms with van der Waals surface area (Å²) in [5, 5.41) is 13.2. The smallest absolute Gasteiger partial charge is 0.426 e. The highest BCUT2D eigenvalue weighted by atomic mass is 19.4. The van der Waals surface area contributed by atoms with Crippen molar-refractivity contribution in [1.29, 1.82) is 0 Å². The zero-order chi connectivity index (χ0) is 34.1. The minimum atomic E-state index is -4.69. The van der Waals surface area contributed by atoms with E-state index in [1.807, 2.05) is 30.9 Å². The second kappa shape index (κ2) is 15.9. The van der Waals surface area contributed by atoms with Crippen LogP contribution in [0.15, 0.2) is 30.5 Å². The second-order valence-corrected chi connectivity index (χ2v) is 12.0. The van der Waals surface area contributed by atoms with Crippen molar-refractivity contribution in [3.8, 4) is 17.1 Å². The van der Waals surface area contributed by atoms with Gasteiger partial charge in [-0.25, -0.2) is 14.8 Å². The molecular weight excluding hydrogens is 609 g/mol. The Morgan fingerprint density at radius 1 is 1.20 bits per heavy atom. The van der Waals surface area contributed by atoms with Gasteiger partial charge in [0.05, 0.1) is 23.6 Å². The molecule has 0 aromatic carbocycles. The van der Waals surface area contributed by atoms with Gasteiger partial charge >= 0.3 is 12.3 Å². The largest absolute Gasteiger partial charge is 0.483 e. The van der Waals surface area contributed by atoms with Crippen molar-refractivity contribution in [3.05, 3.63) is 36.2 Å². The lowest BCUT2D eigenvalue weighted by molar-refractivity contribution is -0.232. The third kappa shape index (κ3) is 9.21. The van der Waals surface area contributed by atoms with Gasteiger partial charge in [0.15, 0.2) is 5.69 Å². The van der Waals surface area contributed by atoms with Crippen LogP contribution in [0.4, 0.5) is 23.7 Å². The van der Waals surface area contributed by atoms with Crippen molar-refractivity contribution in [1.82, 2.24) is 25.5 Å². The Kier molecular flexibility index (Phi) is 12.6. The van der Waals surface area contributed by atoms with Crippen molar-refractivity contribution in [3.63, 3.8) is 0 Å². The van der Waals surface area contributed by atoms with E-state index < -0.39 is 23.8 Å². The van der Waals surface area contributed by atoms with Crippen LogP contribution in [0.25, 0.3) is 11.3 Å². The minimum Gasteiger partial charge on any atom is -0.483 e. The molecule has 2 fully saturated rings. The third-order valence-electron chi connectivity index (χ3n) is 7.64. The first-order chi connectivity index (χ1) is 21.7. The number of pyridine rings is 2. The fraction of sp³-hybridized carbons (Fsp3) is 0.581. The first-order valence-electron chi connectivity index (χ1n) is 15.2. The van der Waals surface area contributed by atoms with Crippen LogP contribution < -0.4 is 20.3 Å². The summed E-state index contributed by atoms with van der Waals surface area (Å²) in [6.07, 6.45) is -4.95. The number of rotatable bonds is 8. The topological polar surface area (TPSA) is 146 Å². The quantitative estimate of drug-likeness (QED) is 0.352. The van der Waals surface area contributed by atoms with E-state index in [0.29, 0.717) is 42.4 Å². The molecule has 0 spiro atoms. The highest BCUT2D eigenvalue weighted by molar-refractivity contribution is 5.99. The van der Waals surface area contributed by atoms with Gasteiger partial charge in [-0.15, -0.1) is 0 Å². The van der Waals surface area contributed by atoms with E-state index in [0.717, 1.165) is 13.0 Å². The van der Waals surface area contributed by atoms with Gasteiger partial charge in [-0.2, -0.15) is 13.2 Å². The number of carbonyl (C=O) groups excluding carboxylic acids is 2. The van der Waals surface area contributed by atoms with Crippen LogP contribution in [-0.4, -0.2) is 102 Å². The maximum Gasteiger partial charge on any atom is 0.426 e. The number of carboxylic acid groups (broad SMARTS) is 1. The summed E-state index contributed by atoms with van der Waals surface area (Å²) in [5.41, 5.74) is 0.642.